The quantitative estimate of drug-likeness (QED) is 0.757. The number of carbonyl (C=O) groups is 2. The Kier molecular flexibility index (Phi) is 6.98. The molecule has 136 valence electrons. The van der Waals surface area contributed by atoms with E-state index in [1.54, 1.807) is 37.4 Å². The second-order valence-corrected chi connectivity index (χ2v) is 6.78. The smallest absolute Gasteiger partial charge is 0.246 e. The fourth-order valence-electron chi connectivity index (χ4n) is 2.33. The standard InChI is InChI=1S/C21H23ClN2O2/c1-15(2)17-11-8-16(9-12-17)10-13-21(26)24(3)14-20(25)23-19-7-5-4-6-18(19)22/h4-13,15H,14H2,1-3H3,(H,23,25)/b13-10+. The van der Waals surface area contributed by atoms with Gasteiger partial charge in [-0.3, -0.25) is 9.59 Å². The number of halogens is 1. The minimum absolute atomic E-state index is 0.0549. The summed E-state index contributed by atoms with van der Waals surface area (Å²) < 4.78 is 0. The molecule has 2 rings (SSSR count). The maximum Gasteiger partial charge on any atom is 0.246 e. The lowest BCUT2D eigenvalue weighted by Gasteiger charge is -2.15. The van der Waals surface area contributed by atoms with E-state index in [-0.39, 0.29) is 18.4 Å². The maximum absolute atomic E-state index is 12.2. The molecule has 2 aromatic rings. The SMILES string of the molecule is CC(C)c1ccc(/C=C/C(=O)N(C)CC(=O)Nc2ccccc2Cl)cc1. The molecule has 0 aliphatic carbocycles. The fourth-order valence-corrected chi connectivity index (χ4v) is 2.52. The monoisotopic (exact) mass is 370 g/mol. The van der Waals surface area contributed by atoms with Crippen molar-refractivity contribution < 1.29 is 9.59 Å². The topological polar surface area (TPSA) is 49.4 Å². The molecule has 0 aliphatic heterocycles. The molecule has 0 saturated carbocycles. The Bertz CT molecular complexity index is 798. The highest BCUT2D eigenvalue weighted by atomic mass is 35.5. The molecule has 0 heterocycles. The van der Waals surface area contributed by atoms with Crippen LogP contribution in [0.2, 0.25) is 5.02 Å². The van der Waals surface area contributed by atoms with E-state index in [0.29, 0.717) is 16.6 Å². The molecule has 2 amide bonds. The first-order valence-electron chi connectivity index (χ1n) is 8.44. The van der Waals surface area contributed by atoms with Crippen molar-refractivity contribution in [1.29, 1.82) is 0 Å². The van der Waals surface area contributed by atoms with E-state index in [1.165, 1.54) is 16.5 Å². The van der Waals surface area contributed by atoms with E-state index < -0.39 is 0 Å². The first-order valence-corrected chi connectivity index (χ1v) is 8.82. The van der Waals surface area contributed by atoms with E-state index in [9.17, 15) is 9.59 Å². The molecule has 0 atom stereocenters. The van der Waals surface area contributed by atoms with E-state index in [1.807, 2.05) is 12.1 Å². The van der Waals surface area contributed by atoms with Crippen LogP contribution in [-0.2, 0) is 9.59 Å². The molecular formula is C21H23ClN2O2. The van der Waals surface area contributed by atoms with Crippen molar-refractivity contribution in [2.24, 2.45) is 0 Å². The van der Waals surface area contributed by atoms with Crippen LogP contribution in [0.15, 0.2) is 54.6 Å². The number of hydrogen-bond donors (Lipinski definition) is 1. The lowest BCUT2D eigenvalue weighted by atomic mass is 10.0. The Morgan fingerprint density at radius 2 is 1.77 bits per heavy atom. The highest BCUT2D eigenvalue weighted by Crippen LogP contribution is 2.20. The van der Waals surface area contributed by atoms with Gasteiger partial charge in [0, 0.05) is 13.1 Å². The van der Waals surface area contributed by atoms with Crippen molar-refractivity contribution in [3.63, 3.8) is 0 Å². The van der Waals surface area contributed by atoms with Crippen LogP contribution in [0.4, 0.5) is 5.69 Å². The summed E-state index contributed by atoms with van der Waals surface area (Å²) in [7, 11) is 1.58. The lowest BCUT2D eigenvalue weighted by molar-refractivity contribution is -0.129. The van der Waals surface area contributed by atoms with Gasteiger partial charge in [0.25, 0.3) is 0 Å². The number of nitrogens with zero attached hydrogens (tertiary/aromatic N) is 1. The van der Waals surface area contributed by atoms with Gasteiger partial charge >= 0.3 is 0 Å². The van der Waals surface area contributed by atoms with Gasteiger partial charge in [0.1, 0.15) is 0 Å². The third-order valence-corrected chi connectivity index (χ3v) is 4.26. The second-order valence-electron chi connectivity index (χ2n) is 6.38. The average Bonchev–Trinajstić information content (AvgIpc) is 2.61. The molecule has 2 aromatic carbocycles. The molecule has 26 heavy (non-hydrogen) atoms. The van der Waals surface area contributed by atoms with Crippen LogP contribution >= 0.6 is 11.6 Å². The van der Waals surface area contributed by atoms with Gasteiger partial charge in [-0.25, -0.2) is 0 Å². The average molecular weight is 371 g/mol. The molecule has 1 N–H and O–H groups in total. The van der Waals surface area contributed by atoms with Gasteiger partial charge in [-0.1, -0.05) is 61.8 Å². The number of carbonyl (C=O) groups excluding carboxylic acids is 2. The van der Waals surface area contributed by atoms with Gasteiger partial charge in [-0.2, -0.15) is 0 Å². The second kappa shape index (κ2) is 9.20. The lowest BCUT2D eigenvalue weighted by Crippen LogP contribution is -2.33. The number of para-hydroxylation sites is 1. The molecule has 0 aliphatic rings. The molecule has 0 unspecified atom stereocenters. The van der Waals surface area contributed by atoms with Crippen LogP contribution < -0.4 is 5.32 Å². The third kappa shape index (κ3) is 5.74. The summed E-state index contributed by atoms with van der Waals surface area (Å²) in [5, 5.41) is 3.16. The van der Waals surface area contributed by atoms with E-state index in [0.717, 1.165) is 5.56 Å². The summed E-state index contributed by atoms with van der Waals surface area (Å²) >= 11 is 6.01. The van der Waals surface area contributed by atoms with Crippen molar-refractivity contribution in [2.75, 3.05) is 18.9 Å². The summed E-state index contributed by atoms with van der Waals surface area (Å²) in [6, 6.07) is 15.0. The third-order valence-electron chi connectivity index (χ3n) is 3.93. The number of nitrogens with one attached hydrogen (secondary N) is 1. The van der Waals surface area contributed by atoms with Crippen LogP contribution in [0.3, 0.4) is 0 Å². The zero-order chi connectivity index (χ0) is 19.1. The number of likely N-dealkylation sites (N-methyl/N-ethyl adjacent to an activating group) is 1. The molecule has 5 heteroatoms. The highest BCUT2D eigenvalue weighted by molar-refractivity contribution is 6.33. The Hall–Kier alpha value is -2.59. The number of hydrogen-bond acceptors (Lipinski definition) is 2. The van der Waals surface area contributed by atoms with Gasteiger partial charge in [0.05, 0.1) is 17.3 Å². The minimum Gasteiger partial charge on any atom is -0.333 e. The Balaban J connectivity index is 1.90. The molecule has 4 nitrogen and oxygen atoms in total. The van der Waals surface area contributed by atoms with Gasteiger partial charge in [0.2, 0.25) is 11.8 Å². The number of benzene rings is 2. The molecule has 0 saturated heterocycles. The maximum atomic E-state index is 12.2. The Labute approximate surface area is 159 Å². The van der Waals surface area contributed by atoms with Gasteiger partial charge in [0.15, 0.2) is 0 Å². The predicted molar refractivity (Wildman–Crippen MR) is 107 cm³/mol. The van der Waals surface area contributed by atoms with E-state index >= 15 is 0 Å². The van der Waals surface area contributed by atoms with Crippen LogP contribution in [0, 0.1) is 0 Å². The summed E-state index contributed by atoms with van der Waals surface area (Å²) in [5.74, 6) is -0.0756. The normalized spacial score (nSPS) is 11.0. The summed E-state index contributed by atoms with van der Waals surface area (Å²) in [5.41, 5.74) is 2.72. The predicted octanol–water partition coefficient (Wildman–Crippen LogP) is 4.57. The van der Waals surface area contributed by atoms with Crippen LogP contribution in [-0.4, -0.2) is 30.3 Å². The van der Waals surface area contributed by atoms with Crippen molar-refractivity contribution in [2.45, 2.75) is 19.8 Å². The van der Waals surface area contributed by atoms with Crippen molar-refractivity contribution in [3.8, 4) is 0 Å². The summed E-state index contributed by atoms with van der Waals surface area (Å²) in [4.78, 5) is 25.6. The summed E-state index contributed by atoms with van der Waals surface area (Å²) in [6.07, 6.45) is 3.21. The first kappa shape index (κ1) is 19.7. The van der Waals surface area contributed by atoms with E-state index in [2.05, 4.69) is 31.3 Å². The van der Waals surface area contributed by atoms with Crippen molar-refractivity contribution in [3.05, 3.63) is 70.8 Å². The van der Waals surface area contributed by atoms with Gasteiger partial charge in [-0.05, 0) is 35.3 Å². The fraction of sp³-hybridized carbons (Fsp3) is 0.238. The molecule has 0 bridgehead atoms. The van der Waals surface area contributed by atoms with Crippen molar-refractivity contribution in [1.82, 2.24) is 4.90 Å². The Morgan fingerprint density at radius 1 is 1.12 bits per heavy atom. The number of amides is 2. The van der Waals surface area contributed by atoms with Crippen LogP contribution in [0.1, 0.15) is 30.9 Å². The van der Waals surface area contributed by atoms with E-state index in [4.69, 9.17) is 11.6 Å². The van der Waals surface area contributed by atoms with Crippen molar-refractivity contribution >= 4 is 35.2 Å². The van der Waals surface area contributed by atoms with Crippen LogP contribution in [0.25, 0.3) is 6.08 Å². The largest absolute Gasteiger partial charge is 0.333 e. The molecule has 0 aromatic heterocycles. The number of anilines is 1. The zero-order valence-corrected chi connectivity index (χ0v) is 16.0. The van der Waals surface area contributed by atoms with Gasteiger partial charge in [-0.15, -0.1) is 0 Å². The molecule has 0 spiro atoms. The molecule has 0 fully saturated rings. The van der Waals surface area contributed by atoms with Crippen LogP contribution in [0.5, 0.6) is 0 Å². The highest BCUT2D eigenvalue weighted by Gasteiger charge is 2.11. The molecule has 0 radical (unpaired) electrons. The molecular weight excluding hydrogens is 348 g/mol. The first-order chi connectivity index (χ1) is 12.4. The Morgan fingerprint density at radius 3 is 2.38 bits per heavy atom. The van der Waals surface area contributed by atoms with Gasteiger partial charge < -0.3 is 10.2 Å². The number of rotatable bonds is 6. The minimum atomic E-state index is -0.302. The summed E-state index contributed by atoms with van der Waals surface area (Å²) in [6.45, 7) is 4.22. The zero-order valence-electron chi connectivity index (χ0n) is 15.2.